The minimum atomic E-state index is -0.904. The molecule has 1 aromatic carbocycles. The second kappa shape index (κ2) is 5.06. The van der Waals surface area contributed by atoms with Crippen molar-refractivity contribution in [3.8, 4) is 6.07 Å². The summed E-state index contributed by atoms with van der Waals surface area (Å²) in [6.07, 6.45) is 0. The Morgan fingerprint density at radius 3 is 2.87 bits per heavy atom. The Kier molecular flexibility index (Phi) is 4.01. The van der Waals surface area contributed by atoms with Crippen LogP contribution < -0.4 is 0 Å². The zero-order valence-electron chi connectivity index (χ0n) is 7.90. The molecule has 0 aliphatic rings. The van der Waals surface area contributed by atoms with Crippen molar-refractivity contribution in [2.75, 3.05) is 0 Å². The lowest BCUT2D eigenvalue weighted by Gasteiger charge is -2.07. The standard InChI is InChI=1S/C10H8ClNO2S/c1-6(10(13)14)15-9-3-2-8(11)4-7(9)5-12/h2-4,6H,1H3,(H,13,14). The van der Waals surface area contributed by atoms with Crippen molar-refractivity contribution < 1.29 is 9.90 Å². The molecule has 3 nitrogen and oxygen atoms in total. The van der Waals surface area contributed by atoms with Crippen molar-refractivity contribution in [3.05, 3.63) is 28.8 Å². The normalized spacial score (nSPS) is 11.8. The highest BCUT2D eigenvalue weighted by molar-refractivity contribution is 8.00. The number of hydrogen-bond donors (Lipinski definition) is 1. The Labute approximate surface area is 96.7 Å². The number of nitrogens with zero attached hydrogens (tertiary/aromatic N) is 1. The molecule has 0 bridgehead atoms. The molecule has 0 radical (unpaired) electrons. The molecule has 0 fully saturated rings. The van der Waals surface area contributed by atoms with Gasteiger partial charge in [0.25, 0.3) is 0 Å². The summed E-state index contributed by atoms with van der Waals surface area (Å²) in [5, 5.41) is 17.4. The Balaban J connectivity index is 2.96. The van der Waals surface area contributed by atoms with Crippen molar-refractivity contribution in [3.63, 3.8) is 0 Å². The van der Waals surface area contributed by atoms with E-state index >= 15 is 0 Å². The summed E-state index contributed by atoms with van der Waals surface area (Å²) in [6, 6.07) is 6.80. The number of hydrogen-bond acceptors (Lipinski definition) is 3. The van der Waals surface area contributed by atoms with Crippen LogP contribution in [-0.2, 0) is 4.79 Å². The molecule has 0 aliphatic heterocycles. The van der Waals surface area contributed by atoms with Gasteiger partial charge in [0.1, 0.15) is 11.3 Å². The fourth-order valence-corrected chi connectivity index (χ4v) is 1.97. The highest BCUT2D eigenvalue weighted by Gasteiger charge is 2.14. The molecule has 1 unspecified atom stereocenters. The fraction of sp³-hybridized carbons (Fsp3) is 0.200. The van der Waals surface area contributed by atoms with Crippen LogP contribution in [0.5, 0.6) is 0 Å². The number of nitriles is 1. The zero-order valence-corrected chi connectivity index (χ0v) is 9.47. The number of benzene rings is 1. The van der Waals surface area contributed by atoms with Gasteiger partial charge in [-0.15, -0.1) is 11.8 Å². The van der Waals surface area contributed by atoms with Gasteiger partial charge >= 0.3 is 5.97 Å². The van der Waals surface area contributed by atoms with Crippen molar-refractivity contribution in [1.82, 2.24) is 0 Å². The van der Waals surface area contributed by atoms with Gasteiger partial charge in [0.05, 0.1) is 5.56 Å². The van der Waals surface area contributed by atoms with Crippen molar-refractivity contribution >= 4 is 29.3 Å². The first kappa shape index (κ1) is 11.9. The Morgan fingerprint density at radius 2 is 2.33 bits per heavy atom. The zero-order chi connectivity index (χ0) is 11.4. The van der Waals surface area contributed by atoms with Gasteiger partial charge in [-0.2, -0.15) is 5.26 Å². The maximum atomic E-state index is 10.6. The Morgan fingerprint density at radius 1 is 1.67 bits per heavy atom. The van der Waals surface area contributed by atoms with Crippen molar-refractivity contribution in [2.24, 2.45) is 0 Å². The molecule has 0 aromatic heterocycles. The predicted molar refractivity (Wildman–Crippen MR) is 59.1 cm³/mol. The molecule has 0 spiro atoms. The highest BCUT2D eigenvalue weighted by Crippen LogP contribution is 2.28. The Hall–Kier alpha value is -1.18. The van der Waals surface area contributed by atoms with E-state index in [1.165, 1.54) is 6.07 Å². The van der Waals surface area contributed by atoms with Gasteiger partial charge < -0.3 is 5.11 Å². The molecule has 78 valence electrons. The molecule has 15 heavy (non-hydrogen) atoms. The van der Waals surface area contributed by atoms with E-state index in [-0.39, 0.29) is 0 Å². The van der Waals surface area contributed by atoms with Crippen LogP contribution in [0.1, 0.15) is 12.5 Å². The summed E-state index contributed by atoms with van der Waals surface area (Å²) in [5.74, 6) is -0.904. The number of aliphatic carboxylic acids is 1. The highest BCUT2D eigenvalue weighted by atomic mass is 35.5. The van der Waals surface area contributed by atoms with E-state index < -0.39 is 11.2 Å². The van der Waals surface area contributed by atoms with E-state index in [4.69, 9.17) is 22.0 Å². The average molecular weight is 242 g/mol. The second-order valence-electron chi connectivity index (χ2n) is 2.85. The molecule has 0 amide bonds. The maximum Gasteiger partial charge on any atom is 0.316 e. The lowest BCUT2D eigenvalue weighted by Crippen LogP contribution is -2.11. The van der Waals surface area contributed by atoms with Gasteiger partial charge in [-0.05, 0) is 25.1 Å². The van der Waals surface area contributed by atoms with Crippen LogP contribution in [0.3, 0.4) is 0 Å². The first-order valence-corrected chi connectivity index (χ1v) is 5.39. The van der Waals surface area contributed by atoms with E-state index in [2.05, 4.69) is 0 Å². The lowest BCUT2D eigenvalue weighted by molar-refractivity contribution is -0.136. The van der Waals surface area contributed by atoms with Crippen LogP contribution in [0.2, 0.25) is 5.02 Å². The van der Waals surface area contributed by atoms with Gasteiger partial charge in [-0.1, -0.05) is 11.6 Å². The van der Waals surface area contributed by atoms with Crippen LogP contribution in [0.4, 0.5) is 0 Å². The van der Waals surface area contributed by atoms with Crippen LogP contribution in [0.25, 0.3) is 0 Å². The van der Waals surface area contributed by atoms with E-state index in [0.717, 1.165) is 11.8 Å². The fourth-order valence-electron chi connectivity index (χ4n) is 0.933. The first-order valence-electron chi connectivity index (χ1n) is 4.13. The van der Waals surface area contributed by atoms with Crippen LogP contribution in [0.15, 0.2) is 23.1 Å². The predicted octanol–water partition coefficient (Wildman–Crippen LogP) is 2.78. The second-order valence-corrected chi connectivity index (χ2v) is 4.67. The topological polar surface area (TPSA) is 61.1 Å². The van der Waals surface area contributed by atoms with Crippen LogP contribution in [-0.4, -0.2) is 16.3 Å². The largest absolute Gasteiger partial charge is 0.480 e. The van der Waals surface area contributed by atoms with Crippen LogP contribution >= 0.6 is 23.4 Å². The molecule has 1 N–H and O–H groups in total. The molecule has 5 heteroatoms. The minimum absolute atomic E-state index is 0.403. The molecular formula is C10H8ClNO2S. The number of thioether (sulfide) groups is 1. The third-order valence-corrected chi connectivity index (χ3v) is 3.11. The molecular weight excluding hydrogens is 234 g/mol. The number of carboxylic acids is 1. The maximum absolute atomic E-state index is 10.6. The Bertz CT molecular complexity index is 428. The summed E-state index contributed by atoms with van der Waals surface area (Å²) in [4.78, 5) is 11.3. The third kappa shape index (κ3) is 3.15. The third-order valence-electron chi connectivity index (χ3n) is 1.71. The summed E-state index contributed by atoms with van der Waals surface area (Å²) >= 11 is 6.85. The quantitative estimate of drug-likeness (QED) is 0.827. The summed E-state index contributed by atoms with van der Waals surface area (Å²) < 4.78 is 0. The summed E-state index contributed by atoms with van der Waals surface area (Å²) in [7, 11) is 0. The smallest absolute Gasteiger partial charge is 0.316 e. The van der Waals surface area contributed by atoms with Gasteiger partial charge in [0.2, 0.25) is 0 Å². The minimum Gasteiger partial charge on any atom is -0.480 e. The number of carbonyl (C=O) groups is 1. The summed E-state index contributed by atoms with van der Waals surface area (Å²) in [6.45, 7) is 1.57. The molecule has 0 saturated carbocycles. The molecule has 0 heterocycles. The van der Waals surface area contributed by atoms with Gasteiger partial charge in [0.15, 0.2) is 0 Å². The van der Waals surface area contributed by atoms with E-state index in [0.29, 0.717) is 15.5 Å². The molecule has 0 aliphatic carbocycles. The van der Waals surface area contributed by atoms with Crippen LogP contribution in [0, 0.1) is 11.3 Å². The number of carboxylic acid groups (broad SMARTS) is 1. The average Bonchev–Trinajstić information content (AvgIpc) is 2.20. The monoisotopic (exact) mass is 241 g/mol. The molecule has 1 atom stereocenters. The van der Waals surface area contributed by atoms with Gasteiger partial charge in [-0.25, -0.2) is 0 Å². The van der Waals surface area contributed by atoms with E-state index in [9.17, 15) is 4.79 Å². The van der Waals surface area contributed by atoms with Crippen molar-refractivity contribution in [1.29, 1.82) is 5.26 Å². The number of rotatable bonds is 3. The van der Waals surface area contributed by atoms with Gasteiger partial charge in [0, 0.05) is 9.92 Å². The van der Waals surface area contributed by atoms with E-state index in [1.807, 2.05) is 6.07 Å². The van der Waals surface area contributed by atoms with Crippen molar-refractivity contribution in [2.45, 2.75) is 17.1 Å². The van der Waals surface area contributed by atoms with E-state index in [1.54, 1.807) is 19.1 Å². The molecule has 0 saturated heterocycles. The lowest BCUT2D eigenvalue weighted by atomic mass is 10.2. The molecule has 1 aromatic rings. The SMILES string of the molecule is CC(Sc1ccc(Cl)cc1C#N)C(=O)O. The van der Waals surface area contributed by atoms with Gasteiger partial charge in [-0.3, -0.25) is 4.79 Å². The molecule has 1 rings (SSSR count). The summed E-state index contributed by atoms with van der Waals surface area (Å²) in [5.41, 5.74) is 0.403. The number of halogens is 1. The first-order chi connectivity index (χ1) is 7.04.